The van der Waals surface area contributed by atoms with Gasteiger partial charge in [0.25, 0.3) is 0 Å². The summed E-state index contributed by atoms with van der Waals surface area (Å²) in [6, 6.07) is 9.85. The molecule has 3 rings (SSSR count). The SMILES string of the molecule is CCCCCc1cc(O)c(-c2cccc(C)c2)c(O)c1C1CC1. The van der Waals surface area contributed by atoms with Crippen molar-refractivity contribution in [2.75, 3.05) is 0 Å². The van der Waals surface area contributed by atoms with Crippen LogP contribution in [0.1, 0.15) is 61.6 Å². The summed E-state index contributed by atoms with van der Waals surface area (Å²) in [6.45, 7) is 4.22. The largest absolute Gasteiger partial charge is 0.507 e. The van der Waals surface area contributed by atoms with Gasteiger partial charge >= 0.3 is 0 Å². The molecule has 1 fully saturated rings. The van der Waals surface area contributed by atoms with Gasteiger partial charge in [0, 0.05) is 5.56 Å². The van der Waals surface area contributed by atoms with E-state index >= 15 is 0 Å². The van der Waals surface area contributed by atoms with Gasteiger partial charge in [-0.2, -0.15) is 0 Å². The van der Waals surface area contributed by atoms with Crippen LogP contribution in [0.3, 0.4) is 0 Å². The van der Waals surface area contributed by atoms with Crippen molar-refractivity contribution in [1.82, 2.24) is 0 Å². The summed E-state index contributed by atoms with van der Waals surface area (Å²) in [5, 5.41) is 21.4. The molecule has 0 unspecified atom stereocenters. The number of rotatable bonds is 6. The zero-order valence-electron chi connectivity index (χ0n) is 14.1. The first-order valence-corrected chi connectivity index (χ1v) is 8.76. The van der Waals surface area contributed by atoms with E-state index in [9.17, 15) is 10.2 Å². The first-order valence-electron chi connectivity index (χ1n) is 8.76. The van der Waals surface area contributed by atoms with E-state index in [1.54, 1.807) is 0 Å². The van der Waals surface area contributed by atoms with Crippen LogP contribution in [0.2, 0.25) is 0 Å². The van der Waals surface area contributed by atoms with Crippen molar-refractivity contribution in [3.05, 3.63) is 47.0 Å². The predicted octanol–water partition coefficient (Wildman–Crippen LogP) is 5.68. The van der Waals surface area contributed by atoms with Gasteiger partial charge in [0.15, 0.2) is 0 Å². The fourth-order valence-electron chi connectivity index (χ4n) is 3.41. The Kier molecular flexibility index (Phi) is 4.61. The molecule has 0 heterocycles. The molecule has 0 amide bonds. The van der Waals surface area contributed by atoms with Crippen LogP contribution in [0, 0.1) is 6.92 Å². The van der Waals surface area contributed by atoms with Gasteiger partial charge in [0.1, 0.15) is 11.5 Å². The standard InChI is InChI=1S/C21H26O2/c1-3-4-5-8-17-13-18(22)20(16-9-6-7-14(2)12-16)21(23)19(17)15-10-11-15/h6-7,9,12-13,15,22-23H,3-5,8,10-11H2,1-2H3. The molecule has 0 atom stereocenters. The number of phenolic OH excluding ortho intramolecular Hbond substituents is 2. The highest BCUT2D eigenvalue weighted by atomic mass is 16.3. The van der Waals surface area contributed by atoms with Crippen molar-refractivity contribution in [2.24, 2.45) is 0 Å². The second kappa shape index (κ2) is 6.66. The lowest BCUT2D eigenvalue weighted by molar-refractivity contribution is 0.447. The number of aromatic hydroxyl groups is 2. The van der Waals surface area contributed by atoms with Crippen LogP contribution < -0.4 is 0 Å². The molecule has 2 heteroatoms. The third-order valence-electron chi connectivity index (χ3n) is 4.75. The van der Waals surface area contributed by atoms with E-state index in [4.69, 9.17) is 0 Å². The molecular weight excluding hydrogens is 284 g/mol. The summed E-state index contributed by atoms with van der Waals surface area (Å²) in [5.74, 6) is 0.962. The zero-order chi connectivity index (χ0) is 16.4. The van der Waals surface area contributed by atoms with Crippen molar-refractivity contribution >= 4 is 0 Å². The van der Waals surface area contributed by atoms with Crippen LogP contribution in [0.4, 0.5) is 0 Å². The molecule has 2 aromatic rings. The molecule has 1 aliphatic carbocycles. The molecule has 23 heavy (non-hydrogen) atoms. The Morgan fingerprint density at radius 2 is 1.87 bits per heavy atom. The number of hydrogen-bond donors (Lipinski definition) is 2. The highest BCUT2D eigenvalue weighted by Gasteiger charge is 2.31. The summed E-state index contributed by atoms with van der Waals surface area (Å²) in [6.07, 6.45) is 6.70. The topological polar surface area (TPSA) is 40.5 Å². The molecule has 2 nitrogen and oxygen atoms in total. The smallest absolute Gasteiger partial charge is 0.130 e. The van der Waals surface area contributed by atoms with Crippen LogP contribution in [0.5, 0.6) is 11.5 Å². The molecule has 0 aliphatic heterocycles. The monoisotopic (exact) mass is 310 g/mol. The highest BCUT2D eigenvalue weighted by molar-refractivity contribution is 5.79. The first kappa shape index (κ1) is 15.9. The second-order valence-electron chi connectivity index (χ2n) is 6.79. The predicted molar refractivity (Wildman–Crippen MR) is 95.1 cm³/mol. The Hall–Kier alpha value is -1.96. The van der Waals surface area contributed by atoms with E-state index in [0.717, 1.165) is 47.9 Å². The molecule has 1 saturated carbocycles. The lowest BCUT2D eigenvalue weighted by Gasteiger charge is -2.17. The first-order chi connectivity index (χ1) is 11.1. The van der Waals surface area contributed by atoms with Gasteiger partial charge in [0.2, 0.25) is 0 Å². The van der Waals surface area contributed by atoms with Crippen LogP contribution in [-0.4, -0.2) is 10.2 Å². The number of hydrogen-bond acceptors (Lipinski definition) is 2. The normalized spacial score (nSPS) is 14.2. The molecule has 2 N–H and O–H groups in total. The summed E-state index contributed by atoms with van der Waals surface area (Å²) in [5.41, 5.74) is 4.82. The van der Waals surface area contributed by atoms with Gasteiger partial charge in [-0.25, -0.2) is 0 Å². The van der Waals surface area contributed by atoms with Crippen molar-refractivity contribution in [3.8, 4) is 22.6 Å². The molecule has 122 valence electrons. The number of phenols is 2. The number of unbranched alkanes of at least 4 members (excludes halogenated alkanes) is 2. The Balaban J connectivity index is 2.06. The van der Waals surface area contributed by atoms with E-state index in [-0.39, 0.29) is 5.75 Å². The van der Waals surface area contributed by atoms with Gasteiger partial charge in [-0.3, -0.25) is 0 Å². The lowest BCUT2D eigenvalue weighted by atomic mass is 9.91. The van der Waals surface area contributed by atoms with Crippen molar-refractivity contribution < 1.29 is 10.2 Å². The van der Waals surface area contributed by atoms with Crippen LogP contribution in [0.15, 0.2) is 30.3 Å². The van der Waals surface area contributed by atoms with Crippen LogP contribution in [0.25, 0.3) is 11.1 Å². The minimum absolute atomic E-state index is 0.198. The van der Waals surface area contributed by atoms with Gasteiger partial charge < -0.3 is 10.2 Å². The molecule has 1 aliphatic rings. The summed E-state index contributed by atoms with van der Waals surface area (Å²) in [4.78, 5) is 0. The molecule has 0 saturated heterocycles. The lowest BCUT2D eigenvalue weighted by Crippen LogP contribution is -1.97. The quantitative estimate of drug-likeness (QED) is 0.673. The average molecular weight is 310 g/mol. The Labute approximate surface area is 138 Å². The average Bonchev–Trinajstić information content (AvgIpc) is 3.32. The maximum Gasteiger partial charge on any atom is 0.130 e. The Morgan fingerprint density at radius 1 is 1.09 bits per heavy atom. The minimum Gasteiger partial charge on any atom is -0.507 e. The third-order valence-corrected chi connectivity index (χ3v) is 4.75. The van der Waals surface area contributed by atoms with E-state index < -0.39 is 0 Å². The fourth-order valence-corrected chi connectivity index (χ4v) is 3.41. The summed E-state index contributed by atoms with van der Waals surface area (Å²) >= 11 is 0. The molecule has 0 radical (unpaired) electrons. The van der Waals surface area contributed by atoms with Crippen molar-refractivity contribution in [3.63, 3.8) is 0 Å². The second-order valence-corrected chi connectivity index (χ2v) is 6.79. The Bertz CT molecular complexity index is 699. The van der Waals surface area contributed by atoms with E-state index in [2.05, 4.69) is 6.92 Å². The molecular formula is C21H26O2. The molecule has 2 aromatic carbocycles. The Morgan fingerprint density at radius 3 is 2.52 bits per heavy atom. The minimum atomic E-state index is 0.198. The van der Waals surface area contributed by atoms with Crippen LogP contribution >= 0.6 is 0 Å². The number of benzene rings is 2. The van der Waals surface area contributed by atoms with Gasteiger partial charge in [-0.15, -0.1) is 0 Å². The van der Waals surface area contributed by atoms with E-state index in [1.165, 1.54) is 12.8 Å². The van der Waals surface area contributed by atoms with Crippen LogP contribution in [-0.2, 0) is 6.42 Å². The fraction of sp³-hybridized carbons (Fsp3) is 0.429. The van der Waals surface area contributed by atoms with Crippen molar-refractivity contribution in [1.29, 1.82) is 0 Å². The van der Waals surface area contributed by atoms with Gasteiger partial charge in [0.05, 0.1) is 5.56 Å². The third kappa shape index (κ3) is 3.36. The zero-order valence-corrected chi connectivity index (χ0v) is 14.1. The van der Waals surface area contributed by atoms with Gasteiger partial charge in [-0.1, -0.05) is 49.6 Å². The van der Waals surface area contributed by atoms with Gasteiger partial charge in [-0.05, 0) is 55.7 Å². The van der Waals surface area contributed by atoms with E-state index in [1.807, 2.05) is 37.3 Å². The maximum absolute atomic E-state index is 10.9. The maximum atomic E-state index is 10.9. The summed E-state index contributed by atoms with van der Waals surface area (Å²) in [7, 11) is 0. The molecule has 0 bridgehead atoms. The van der Waals surface area contributed by atoms with Crippen molar-refractivity contribution in [2.45, 2.75) is 58.3 Å². The molecule has 0 spiro atoms. The van der Waals surface area contributed by atoms with E-state index in [0.29, 0.717) is 17.2 Å². The molecule has 0 aromatic heterocycles. The highest BCUT2D eigenvalue weighted by Crippen LogP contribution is 2.51. The summed E-state index contributed by atoms with van der Waals surface area (Å²) < 4.78 is 0. The number of aryl methyl sites for hydroxylation is 2.